The second-order valence-corrected chi connectivity index (χ2v) is 15.4. The molecule has 0 radical (unpaired) electrons. The molecule has 59 heavy (non-hydrogen) atoms. The van der Waals surface area contributed by atoms with Crippen molar-refractivity contribution in [2.45, 2.75) is 0 Å². The third-order valence-corrected chi connectivity index (χ3v) is 12.0. The van der Waals surface area contributed by atoms with Gasteiger partial charge in [-0.3, -0.25) is 0 Å². The Bertz CT molecular complexity index is 3540. The lowest BCUT2D eigenvalue weighted by atomic mass is 10.0. The molecule has 0 amide bonds. The molecule has 0 saturated carbocycles. The molecule has 0 aliphatic heterocycles. The Hall–Kier alpha value is -7.88. The van der Waals surface area contributed by atoms with Crippen LogP contribution in [0.2, 0.25) is 0 Å². The van der Waals surface area contributed by atoms with E-state index in [2.05, 4.69) is 216 Å². The van der Waals surface area contributed by atoms with E-state index in [0.29, 0.717) is 0 Å². The van der Waals surface area contributed by atoms with Gasteiger partial charge in [-0.25, -0.2) is 0 Å². The van der Waals surface area contributed by atoms with E-state index in [0.717, 1.165) is 55.8 Å². The zero-order chi connectivity index (χ0) is 38.9. The molecule has 0 aliphatic rings. The molecular formula is C56H36N2O. The minimum atomic E-state index is 0.903. The maximum atomic E-state index is 6.24. The van der Waals surface area contributed by atoms with E-state index >= 15 is 0 Å². The summed E-state index contributed by atoms with van der Waals surface area (Å²) in [4.78, 5) is 2.35. The first-order valence-corrected chi connectivity index (χ1v) is 20.2. The minimum absolute atomic E-state index is 0.903. The third kappa shape index (κ3) is 5.51. The van der Waals surface area contributed by atoms with Crippen molar-refractivity contribution in [3.8, 4) is 27.9 Å². The molecule has 3 heteroatoms. The predicted octanol–water partition coefficient (Wildman–Crippen LogP) is 15.8. The summed E-state index contributed by atoms with van der Waals surface area (Å²) in [5.41, 5.74) is 13.3. The van der Waals surface area contributed by atoms with Crippen LogP contribution >= 0.6 is 0 Å². The fourth-order valence-corrected chi connectivity index (χ4v) is 9.08. The number of hydrogen-bond acceptors (Lipinski definition) is 2. The highest BCUT2D eigenvalue weighted by molar-refractivity contribution is 6.19. The lowest BCUT2D eigenvalue weighted by Crippen LogP contribution is -2.09. The van der Waals surface area contributed by atoms with E-state index in [1.54, 1.807) is 0 Å². The van der Waals surface area contributed by atoms with Crippen LogP contribution in [0.25, 0.3) is 93.2 Å². The van der Waals surface area contributed by atoms with Gasteiger partial charge in [0.1, 0.15) is 11.2 Å². The predicted molar refractivity (Wildman–Crippen MR) is 249 cm³/mol. The number of furan rings is 1. The van der Waals surface area contributed by atoms with Crippen LogP contribution in [0.15, 0.2) is 223 Å². The molecular weight excluding hydrogens is 717 g/mol. The van der Waals surface area contributed by atoms with Crippen LogP contribution in [0.1, 0.15) is 0 Å². The number of nitrogens with zero attached hydrogens (tertiary/aromatic N) is 2. The number of fused-ring (bicyclic) bond motifs is 9. The molecule has 0 unspecified atom stereocenters. The molecule has 0 bridgehead atoms. The highest BCUT2D eigenvalue weighted by Crippen LogP contribution is 2.41. The Labute approximate surface area is 341 Å². The summed E-state index contributed by atoms with van der Waals surface area (Å²) in [5, 5.41) is 9.71. The topological polar surface area (TPSA) is 21.3 Å². The minimum Gasteiger partial charge on any atom is -0.456 e. The average Bonchev–Trinajstić information content (AvgIpc) is 3.85. The molecule has 3 nitrogen and oxygen atoms in total. The monoisotopic (exact) mass is 752 g/mol. The number of anilines is 3. The van der Waals surface area contributed by atoms with Crippen LogP contribution in [-0.2, 0) is 0 Å². The van der Waals surface area contributed by atoms with Crippen molar-refractivity contribution in [1.82, 2.24) is 4.57 Å². The summed E-state index contributed by atoms with van der Waals surface area (Å²) in [7, 11) is 0. The number of para-hydroxylation sites is 2. The van der Waals surface area contributed by atoms with Crippen molar-refractivity contribution in [1.29, 1.82) is 0 Å². The summed E-state index contributed by atoms with van der Waals surface area (Å²) in [6.07, 6.45) is 0. The summed E-state index contributed by atoms with van der Waals surface area (Å²) in [6, 6.07) is 78.8. The lowest BCUT2D eigenvalue weighted by Gasteiger charge is -2.26. The van der Waals surface area contributed by atoms with Gasteiger partial charge in [-0.1, -0.05) is 146 Å². The van der Waals surface area contributed by atoms with E-state index in [4.69, 9.17) is 4.42 Å². The second kappa shape index (κ2) is 13.4. The first-order chi connectivity index (χ1) is 29.2. The van der Waals surface area contributed by atoms with E-state index in [1.165, 1.54) is 54.5 Å². The maximum absolute atomic E-state index is 6.24. The van der Waals surface area contributed by atoms with Crippen LogP contribution in [0.3, 0.4) is 0 Å². The highest BCUT2D eigenvalue weighted by Gasteiger charge is 2.18. The zero-order valence-electron chi connectivity index (χ0n) is 32.1. The van der Waals surface area contributed by atoms with Gasteiger partial charge in [0, 0.05) is 49.7 Å². The van der Waals surface area contributed by atoms with Crippen LogP contribution in [-0.4, -0.2) is 4.57 Å². The Kier molecular flexibility index (Phi) is 7.54. The molecule has 12 aromatic rings. The molecule has 12 rings (SSSR count). The molecule has 0 fully saturated rings. The molecule has 10 aromatic carbocycles. The fraction of sp³-hybridized carbons (Fsp3) is 0. The van der Waals surface area contributed by atoms with Gasteiger partial charge in [0.2, 0.25) is 0 Å². The van der Waals surface area contributed by atoms with Crippen LogP contribution in [0.5, 0.6) is 0 Å². The van der Waals surface area contributed by atoms with Gasteiger partial charge >= 0.3 is 0 Å². The Morgan fingerprint density at radius 3 is 1.63 bits per heavy atom. The Morgan fingerprint density at radius 1 is 0.322 bits per heavy atom. The standard InChI is InChI=1S/C56H36N2O/c1-2-13-44(14-3-1)58-53-35-42(24-31-49(53)52-33-23-40-11-6-7-15-48(40)56(52)58)38-18-26-45(27-19-38)57(47-30-22-37-10-4-5-12-41(37)34-47)46-28-20-39(21-29-46)43-25-32-51-50-16-8-9-17-54(50)59-55(51)36-43/h1-36H. The van der Waals surface area contributed by atoms with Crippen LogP contribution in [0, 0.1) is 0 Å². The van der Waals surface area contributed by atoms with Crippen LogP contribution < -0.4 is 4.90 Å². The van der Waals surface area contributed by atoms with Gasteiger partial charge < -0.3 is 13.9 Å². The number of aromatic nitrogens is 1. The first-order valence-electron chi connectivity index (χ1n) is 20.2. The molecule has 0 N–H and O–H groups in total. The van der Waals surface area contributed by atoms with Crippen molar-refractivity contribution in [2.75, 3.05) is 4.90 Å². The van der Waals surface area contributed by atoms with Gasteiger partial charge in [-0.15, -0.1) is 0 Å². The lowest BCUT2D eigenvalue weighted by molar-refractivity contribution is 0.669. The third-order valence-electron chi connectivity index (χ3n) is 12.0. The van der Waals surface area contributed by atoms with Crippen molar-refractivity contribution >= 4 is 82.4 Å². The van der Waals surface area contributed by atoms with E-state index in [1.807, 2.05) is 12.1 Å². The van der Waals surface area contributed by atoms with Crippen molar-refractivity contribution in [3.05, 3.63) is 218 Å². The highest BCUT2D eigenvalue weighted by atomic mass is 16.3. The molecule has 2 heterocycles. The second-order valence-electron chi connectivity index (χ2n) is 15.4. The van der Waals surface area contributed by atoms with Crippen molar-refractivity contribution < 1.29 is 4.42 Å². The summed E-state index contributed by atoms with van der Waals surface area (Å²) in [5.74, 6) is 0. The van der Waals surface area contributed by atoms with E-state index in [-0.39, 0.29) is 0 Å². The Morgan fingerprint density at radius 2 is 0.864 bits per heavy atom. The number of rotatable bonds is 6. The van der Waals surface area contributed by atoms with Gasteiger partial charge in [0.25, 0.3) is 0 Å². The first kappa shape index (κ1) is 33.3. The van der Waals surface area contributed by atoms with Gasteiger partial charge in [-0.2, -0.15) is 0 Å². The molecule has 0 spiro atoms. The van der Waals surface area contributed by atoms with Gasteiger partial charge in [0.05, 0.1) is 11.0 Å². The van der Waals surface area contributed by atoms with E-state index < -0.39 is 0 Å². The summed E-state index contributed by atoms with van der Waals surface area (Å²) in [6.45, 7) is 0. The SMILES string of the molecule is c1ccc(-n2c3cc(-c4ccc(N(c5ccc(-c6ccc7c(c6)oc6ccccc67)cc5)c5ccc6ccccc6c5)cc4)ccc3c3ccc4ccccc4c32)cc1. The molecule has 0 saturated heterocycles. The van der Waals surface area contributed by atoms with Crippen LogP contribution in [0.4, 0.5) is 17.1 Å². The fourth-order valence-electron chi connectivity index (χ4n) is 9.08. The van der Waals surface area contributed by atoms with Crippen molar-refractivity contribution in [2.24, 2.45) is 0 Å². The van der Waals surface area contributed by atoms with Crippen molar-refractivity contribution in [3.63, 3.8) is 0 Å². The summed E-state index contributed by atoms with van der Waals surface area (Å²) >= 11 is 0. The maximum Gasteiger partial charge on any atom is 0.136 e. The number of benzene rings is 10. The molecule has 276 valence electrons. The molecule has 2 aromatic heterocycles. The Balaban J connectivity index is 0.951. The average molecular weight is 753 g/mol. The number of hydrogen-bond donors (Lipinski definition) is 0. The quantitative estimate of drug-likeness (QED) is 0.169. The van der Waals surface area contributed by atoms with E-state index in [9.17, 15) is 0 Å². The zero-order valence-corrected chi connectivity index (χ0v) is 32.1. The van der Waals surface area contributed by atoms with Gasteiger partial charge in [0.15, 0.2) is 0 Å². The normalized spacial score (nSPS) is 11.7. The summed E-state index contributed by atoms with van der Waals surface area (Å²) < 4.78 is 8.67. The smallest absolute Gasteiger partial charge is 0.136 e. The molecule has 0 aliphatic carbocycles. The largest absolute Gasteiger partial charge is 0.456 e. The van der Waals surface area contributed by atoms with Gasteiger partial charge in [-0.05, 0) is 111 Å². The molecule has 0 atom stereocenters.